The number of nitrogens with zero attached hydrogens (tertiary/aromatic N) is 1. The zero-order valence-corrected chi connectivity index (χ0v) is 9.76. The lowest BCUT2D eigenvalue weighted by molar-refractivity contribution is 0.587. The van der Waals surface area contributed by atoms with Crippen molar-refractivity contribution >= 4 is 5.82 Å². The summed E-state index contributed by atoms with van der Waals surface area (Å²) in [6, 6.07) is 4.61. The highest BCUT2D eigenvalue weighted by Gasteiger charge is 2.13. The summed E-state index contributed by atoms with van der Waals surface area (Å²) >= 11 is 0. The molecule has 1 N–H and O–H groups in total. The summed E-state index contributed by atoms with van der Waals surface area (Å²) in [4.78, 5) is 4.37. The van der Waals surface area contributed by atoms with Gasteiger partial charge in [-0.1, -0.05) is 26.8 Å². The van der Waals surface area contributed by atoms with Gasteiger partial charge in [-0.15, -0.1) is 0 Å². The summed E-state index contributed by atoms with van der Waals surface area (Å²) in [7, 11) is 0. The molecule has 0 atom stereocenters. The van der Waals surface area contributed by atoms with Gasteiger partial charge in [-0.25, -0.2) is 4.98 Å². The fourth-order valence-electron chi connectivity index (χ4n) is 1.22. The zero-order valence-electron chi connectivity index (χ0n) is 9.76. The van der Waals surface area contributed by atoms with Gasteiger partial charge in [0.15, 0.2) is 0 Å². The van der Waals surface area contributed by atoms with E-state index in [0.717, 1.165) is 5.82 Å². The molecule has 0 aliphatic carbocycles. The quantitative estimate of drug-likeness (QED) is 0.778. The van der Waals surface area contributed by atoms with E-state index in [2.05, 4.69) is 51.0 Å². The first kappa shape index (κ1) is 11.0. The minimum atomic E-state index is 0.184. The van der Waals surface area contributed by atoms with E-state index in [-0.39, 0.29) is 5.41 Å². The highest BCUT2D eigenvalue weighted by molar-refractivity contribution is 5.37. The lowest BCUT2D eigenvalue weighted by Crippen LogP contribution is -2.14. The summed E-state index contributed by atoms with van der Waals surface area (Å²) in [6.45, 7) is 10.8. The summed E-state index contributed by atoms with van der Waals surface area (Å²) in [5, 5.41) is 3.27. The maximum absolute atomic E-state index is 4.37. The fraction of sp³-hybridized carbons (Fsp3) is 0.583. The van der Waals surface area contributed by atoms with Crippen LogP contribution in [-0.4, -0.2) is 11.0 Å². The van der Waals surface area contributed by atoms with Gasteiger partial charge in [-0.05, 0) is 30.9 Å². The van der Waals surface area contributed by atoms with Crippen molar-refractivity contribution in [3.05, 3.63) is 23.9 Å². The van der Waals surface area contributed by atoms with Crippen molar-refractivity contribution in [2.45, 2.75) is 46.1 Å². The molecular weight excluding hydrogens is 172 g/mol. The second-order valence-electron chi connectivity index (χ2n) is 4.98. The zero-order chi connectivity index (χ0) is 10.8. The molecule has 0 fully saturated rings. The molecule has 2 heteroatoms. The number of aromatic nitrogens is 1. The van der Waals surface area contributed by atoms with E-state index in [1.54, 1.807) is 0 Å². The summed E-state index contributed by atoms with van der Waals surface area (Å²) in [6.07, 6.45) is 1.95. The Morgan fingerprint density at radius 2 is 1.86 bits per heavy atom. The van der Waals surface area contributed by atoms with Crippen molar-refractivity contribution in [1.82, 2.24) is 4.98 Å². The van der Waals surface area contributed by atoms with Crippen LogP contribution in [0.2, 0.25) is 0 Å². The molecule has 0 amide bonds. The molecule has 78 valence electrons. The van der Waals surface area contributed by atoms with Crippen LogP contribution in [0.3, 0.4) is 0 Å². The largest absolute Gasteiger partial charge is 0.368 e. The third-order valence-corrected chi connectivity index (χ3v) is 2.07. The van der Waals surface area contributed by atoms with Gasteiger partial charge in [0.25, 0.3) is 0 Å². The second kappa shape index (κ2) is 3.99. The molecule has 1 rings (SSSR count). The molecule has 0 aromatic carbocycles. The number of anilines is 1. The average Bonchev–Trinajstić information content (AvgIpc) is 2.02. The minimum Gasteiger partial charge on any atom is -0.368 e. The van der Waals surface area contributed by atoms with Crippen molar-refractivity contribution in [2.75, 3.05) is 5.32 Å². The first-order valence-electron chi connectivity index (χ1n) is 5.12. The van der Waals surface area contributed by atoms with E-state index in [0.29, 0.717) is 6.04 Å². The Balaban J connectivity index is 2.79. The molecule has 0 saturated carbocycles. The van der Waals surface area contributed by atoms with Crippen molar-refractivity contribution in [3.63, 3.8) is 0 Å². The van der Waals surface area contributed by atoms with Crippen molar-refractivity contribution in [3.8, 4) is 0 Å². The van der Waals surface area contributed by atoms with Gasteiger partial charge < -0.3 is 5.32 Å². The van der Waals surface area contributed by atoms with Crippen LogP contribution in [0.15, 0.2) is 18.3 Å². The molecule has 0 radical (unpaired) electrons. The monoisotopic (exact) mass is 192 g/mol. The minimum absolute atomic E-state index is 0.184. The molecule has 0 saturated heterocycles. The number of hydrogen-bond acceptors (Lipinski definition) is 2. The van der Waals surface area contributed by atoms with Crippen LogP contribution in [0, 0.1) is 0 Å². The van der Waals surface area contributed by atoms with Gasteiger partial charge in [0.05, 0.1) is 0 Å². The molecule has 0 spiro atoms. The summed E-state index contributed by atoms with van der Waals surface area (Å²) in [5.74, 6) is 0.952. The maximum atomic E-state index is 4.37. The molecule has 1 aromatic rings. The molecule has 1 heterocycles. The Morgan fingerprint density at radius 3 is 2.21 bits per heavy atom. The van der Waals surface area contributed by atoms with Gasteiger partial charge in [-0.3, -0.25) is 0 Å². The van der Waals surface area contributed by atoms with Gasteiger partial charge in [-0.2, -0.15) is 0 Å². The molecule has 1 aromatic heterocycles. The SMILES string of the molecule is CC(C)Nc1ccc(C(C)(C)C)cn1. The molecule has 2 nitrogen and oxygen atoms in total. The molecule has 14 heavy (non-hydrogen) atoms. The topological polar surface area (TPSA) is 24.9 Å². The maximum Gasteiger partial charge on any atom is 0.126 e. The molecule has 0 aliphatic rings. The van der Waals surface area contributed by atoms with E-state index >= 15 is 0 Å². The van der Waals surface area contributed by atoms with Crippen LogP contribution in [-0.2, 0) is 5.41 Å². The molecule has 0 aliphatic heterocycles. The van der Waals surface area contributed by atoms with Crippen molar-refractivity contribution in [1.29, 1.82) is 0 Å². The van der Waals surface area contributed by atoms with Gasteiger partial charge >= 0.3 is 0 Å². The molecule has 0 unspecified atom stereocenters. The predicted molar refractivity (Wildman–Crippen MR) is 61.7 cm³/mol. The van der Waals surface area contributed by atoms with Gasteiger partial charge in [0.2, 0.25) is 0 Å². The Bertz CT molecular complexity index is 280. The van der Waals surface area contributed by atoms with E-state index in [9.17, 15) is 0 Å². The molecular formula is C12H20N2. The number of pyridine rings is 1. The number of rotatable bonds is 2. The fourth-order valence-corrected chi connectivity index (χ4v) is 1.22. The molecule has 0 bridgehead atoms. The van der Waals surface area contributed by atoms with Crippen LogP contribution in [0.25, 0.3) is 0 Å². The van der Waals surface area contributed by atoms with E-state index in [1.165, 1.54) is 5.56 Å². The van der Waals surface area contributed by atoms with Gasteiger partial charge in [0, 0.05) is 12.2 Å². The predicted octanol–water partition coefficient (Wildman–Crippen LogP) is 3.20. The van der Waals surface area contributed by atoms with E-state index in [1.807, 2.05) is 12.3 Å². The Morgan fingerprint density at radius 1 is 1.21 bits per heavy atom. The highest BCUT2D eigenvalue weighted by atomic mass is 15.0. The third kappa shape index (κ3) is 3.02. The number of hydrogen-bond donors (Lipinski definition) is 1. The Kier molecular flexibility index (Phi) is 3.14. The first-order valence-corrected chi connectivity index (χ1v) is 5.12. The Labute approximate surface area is 86.8 Å². The van der Waals surface area contributed by atoms with Crippen LogP contribution in [0.1, 0.15) is 40.2 Å². The van der Waals surface area contributed by atoms with Crippen molar-refractivity contribution < 1.29 is 0 Å². The first-order chi connectivity index (χ1) is 6.39. The second-order valence-corrected chi connectivity index (χ2v) is 4.98. The lowest BCUT2D eigenvalue weighted by atomic mass is 9.88. The van der Waals surface area contributed by atoms with Crippen LogP contribution in [0.4, 0.5) is 5.82 Å². The van der Waals surface area contributed by atoms with Crippen LogP contribution < -0.4 is 5.32 Å². The summed E-state index contributed by atoms with van der Waals surface area (Å²) in [5.41, 5.74) is 1.45. The summed E-state index contributed by atoms with van der Waals surface area (Å²) < 4.78 is 0. The van der Waals surface area contributed by atoms with Crippen molar-refractivity contribution in [2.24, 2.45) is 0 Å². The van der Waals surface area contributed by atoms with E-state index in [4.69, 9.17) is 0 Å². The van der Waals surface area contributed by atoms with Gasteiger partial charge in [0.1, 0.15) is 5.82 Å². The smallest absolute Gasteiger partial charge is 0.126 e. The van der Waals surface area contributed by atoms with E-state index < -0.39 is 0 Å². The average molecular weight is 192 g/mol. The van der Waals surface area contributed by atoms with Crippen LogP contribution in [0.5, 0.6) is 0 Å². The Hall–Kier alpha value is -1.05. The highest BCUT2D eigenvalue weighted by Crippen LogP contribution is 2.21. The standard InChI is InChI=1S/C12H20N2/c1-9(2)14-11-7-6-10(8-13-11)12(3,4)5/h6-9H,1-5H3,(H,13,14). The third-order valence-electron chi connectivity index (χ3n) is 2.07. The normalized spacial score (nSPS) is 11.9. The lowest BCUT2D eigenvalue weighted by Gasteiger charge is -2.19. The number of nitrogens with one attached hydrogen (secondary N) is 1. The van der Waals surface area contributed by atoms with Crippen LogP contribution >= 0.6 is 0 Å².